The van der Waals surface area contributed by atoms with Gasteiger partial charge in [-0.3, -0.25) is 14.7 Å². The van der Waals surface area contributed by atoms with E-state index in [0.717, 1.165) is 37.1 Å². The van der Waals surface area contributed by atoms with E-state index in [1.54, 1.807) is 34.5 Å². The highest BCUT2D eigenvalue weighted by atomic mass is 19.1. The number of nitrogens with zero attached hydrogens (tertiary/aromatic N) is 4. The number of hydrogen-bond donors (Lipinski definition) is 1. The van der Waals surface area contributed by atoms with Gasteiger partial charge in [-0.25, -0.2) is 13.2 Å². The van der Waals surface area contributed by atoms with Crippen LogP contribution in [0.1, 0.15) is 64.0 Å². The van der Waals surface area contributed by atoms with Crippen LogP contribution in [0.5, 0.6) is 0 Å². The van der Waals surface area contributed by atoms with Crippen molar-refractivity contribution >= 4 is 0 Å². The van der Waals surface area contributed by atoms with Crippen molar-refractivity contribution in [3.05, 3.63) is 35.1 Å². The second-order valence-electron chi connectivity index (χ2n) is 16.8. The zero-order valence-electron chi connectivity index (χ0n) is 34.9. The molecule has 1 aliphatic carbocycles. The summed E-state index contributed by atoms with van der Waals surface area (Å²) in [6.07, 6.45) is 2.74. The fourth-order valence-electron chi connectivity index (χ4n) is 9.01. The van der Waals surface area contributed by atoms with Gasteiger partial charge in [-0.15, -0.1) is 0 Å². The lowest BCUT2D eigenvalue weighted by Crippen LogP contribution is -2.61. The molecule has 1 aromatic rings. The lowest BCUT2D eigenvalue weighted by molar-refractivity contribution is -0.0904. The summed E-state index contributed by atoms with van der Waals surface area (Å²) in [7, 11) is 10.9. The SMILES string of the molecule is COCC(C)(COC)CN(CCF)CCCN(C)CC(N(C)CCCN(CCF)CC(C)(COC)COC)[C@]1(O)CCc2cc(F)ccc2[C@@H]1C(C)C. The molecule has 1 unspecified atom stereocenters. The molecule has 0 spiro atoms. The molecule has 2 rings (SSSR count). The van der Waals surface area contributed by atoms with Crippen molar-refractivity contribution in [2.75, 3.05) is 141 Å². The summed E-state index contributed by atoms with van der Waals surface area (Å²) in [6, 6.07) is 4.78. The van der Waals surface area contributed by atoms with E-state index in [-0.39, 0.29) is 34.5 Å². The largest absolute Gasteiger partial charge is 0.388 e. The molecule has 53 heavy (non-hydrogen) atoms. The van der Waals surface area contributed by atoms with Crippen molar-refractivity contribution in [2.24, 2.45) is 16.7 Å². The highest BCUT2D eigenvalue weighted by Crippen LogP contribution is 2.47. The fourth-order valence-corrected chi connectivity index (χ4v) is 9.01. The second kappa shape index (κ2) is 23.7. The smallest absolute Gasteiger partial charge is 0.123 e. The van der Waals surface area contributed by atoms with Crippen molar-refractivity contribution in [1.29, 1.82) is 0 Å². The summed E-state index contributed by atoms with van der Waals surface area (Å²) < 4.78 is 63.7. The first-order chi connectivity index (χ1) is 25.1. The minimum absolute atomic E-state index is 0.118. The summed E-state index contributed by atoms with van der Waals surface area (Å²) in [5.74, 6) is -0.312. The van der Waals surface area contributed by atoms with Crippen molar-refractivity contribution in [2.45, 2.75) is 70.9 Å². The van der Waals surface area contributed by atoms with Gasteiger partial charge >= 0.3 is 0 Å². The maximum Gasteiger partial charge on any atom is 0.123 e. The van der Waals surface area contributed by atoms with Gasteiger partial charge in [0.15, 0.2) is 0 Å². The van der Waals surface area contributed by atoms with Crippen molar-refractivity contribution in [1.82, 2.24) is 19.6 Å². The third-order valence-electron chi connectivity index (χ3n) is 11.0. The molecular weight excluding hydrogens is 685 g/mol. The van der Waals surface area contributed by atoms with Crippen LogP contribution in [0.15, 0.2) is 18.2 Å². The van der Waals surface area contributed by atoms with E-state index >= 15 is 0 Å². The van der Waals surface area contributed by atoms with Gasteiger partial charge < -0.3 is 29.0 Å². The minimum Gasteiger partial charge on any atom is -0.388 e. The lowest BCUT2D eigenvalue weighted by Gasteiger charge is -2.51. The van der Waals surface area contributed by atoms with Gasteiger partial charge in [-0.1, -0.05) is 33.8 Å². The van der Waals surface area contributed by atoms with E-state index in [1.165, 1.54) is 6.07 Å². The van der Waals surface area contributed by atoms with E-state index < -0.39 is 19.0 Å². The highest BCUT2D eigenvalue weighted by Gasteiger charge is 2.50. The topological polar surface area (TPSA) is 70.1 Å². The molecule has 12 heteroatoms. The lowest BCUT2D eigenvalue weighted by atomic mass is 9.64. The van der Waals surface area contributed by atoms with E-state index in [0.29, 0.717) is 85.1 Å². The van der Waals surface area contributed by atoms with E-state index in [4.69, 9.17) is 18.9 Å². The first-order valence-electron chi connectivity index (χ1n) is 19.6. The zero-order chi connectivity index (χ0) is 39.7. The number of rotatable bonds is 29. The predicted molar refractivity (Wildman–Crippen MR) is 209 cm³/mol. The van der Waals surface area contributed by atoms with Crippen molar-refractivity contribution < 1.29 is 37.2 Å². The number of aryl methyl sites for hydroxylation is 1. The number of aliphatic hydroxyl groups is 1. The Morgan fingerprint density at radius 3 is 1.74 bits per heavy atom. The van der Waals surface area contributed by atoms with Gasteiger partial charge in [0.2, 0.25) is 0 Å². The number of likely N-dealkylation sites (N-methyl/N-ethyl adjacent to an activating group) is 2. The number of halogens is 3. The van der Waals surface area contributed by atoms with Crippen LogP contribution < -0.4 is 0 Å². The van der Waals surface area contributed by atoms with Crippen LogP contribution >= 0.6 is 0 Å². The van der Waals surface area contributed by atoms with Crippen LogP contribution in [0.4, 0.5) is 13.2 Å². The Morgan fingerprint density at radius 1 is 0.792 bits per heavy atom. The molecule has 0 amide bonds. The first-order valence-corrected chi connectivity index (χ1v) is 19.6. The number of benzene rings is 1. The monoisotopic (exact) mass is 761 g/mol. The molecule has 0 aromatic heterocycles. The molecule has 1 aliphatic rings. The molecule has 3 atom stereocenters. The number of fused-ring (bicyclic) bond motifs is 1. The Labute approximate surface area is 320 Å². The van der Waals surface area contributed by atoms with Gasteiger partial charge in [0, 0.05) is 77.9 Å². The summed E-state index contributed by atoms with van der Waals surface area (Å²) >= 11 is 0. The molecule has 0 saturated carbocycles. The van der Waals surface area contributed by atoms with Gasteiger partial charge in [-0.05, 0) is 95.1 Å². The van der Waals surface area contributed by atoms with Crippen LogP contribution in [0.3, 0.4) is 0 Å². The van der Waals surface area contributed by atoms with Gasteiger partial charge in [-0.2, -0.15) is 0 Å². The Hall–Kier alpha value is -1.35. The third-order valence-corrected chi connectivity index (χ3v) is 11.0. The Balaban J connectivity index is 2.30. The number of methoxy groups -OCH3 is 4. The average Bonchev–Trinajstić information content (AvgIpc) is 3.07. The van der Waals surface area contributed by atoms with Crippen LogP contribution in [0.2, 0.25) is 0 Å². The average molecular weight is 761 g/mol. The van der Waals surface area contributed by atoms with E-state index in [2.05, 4.69) is 61.4 Å². The predicted octanol–water partition coefficient (Wildman–Crippen LogP) is 5.40. The molecule has 0 radical (unpaired) electrons. The quantitative estimate of drug-likeness (QED) is 0.116. The molecule has 1 N–H and O–H groups in total. The summed E-state index contributed by atoms with van der Waals surface area (Å²) in [5.41, 5.74) is 0.411. The number of hydrogen-bond acceptors (Lipinski definition) is 9. The van der Waals surface area contributed by atoms with Gasteiger partial charge in [0.1, 0.15) is 19.2 Å². The maximum absolute atomic E-state index is 14.4. The molecule has 9 nitrogen and oxygen atoms in total. The van der Waals surface area contributed by atoms with Gasteiger partial charge in [0.05, 0.1) is 38.1 Å². The van der Waals surface area contributed by atoms with Crippen LogP contribution in [-0.2, 0) is 25.4 Å². The van der Waals surface area contributed by atoms with E-state index in [1.807, 2.05) is 6.07 Å². The zero-order valence-corrected chi connectivity index (χ0v) is 34.9. The van der Waals surface area contributed by atoms with Crippen LogP contribution in [0.25, 0.3) is 0 Å². The van der Waals surface area contributed by atoms with Crippen LogP contribution in [-0.4, -0.2) is 178 Å². The summed E-state index contributed by atoms with van der Waals surface area (Å²) in [4.78, 5) is 8.87. The second-order valence-corrected chi connectivity index (χ2v) is 16.8. The molecule has 0 saturated heterocycles. The number of ether oxygens (including phenoxy) is 4. The molecule has 0 aliphatic heterocycles. The maximum atomic E-state index is 14.4. The molecule has 310 valence electrons. The highest BCUT2D eigenvalue weighted by molar-refractivity contribution is 5.38. The van der Waals surface area contributed by atoms with Crippen LogP contribution in [0, 0.1) is 22.6 Å². The normalized spacial score (nSPS) is 19.0. The molecule has 1 aromatic carbocycles. The third kappa shape index (κ3) is 14.9. The molecular formula is C41H75F3N4O5. The fraction of sp³-hybridized carbons (Fsp3) is 0.854. The summed E-state index contributed by atoms with van der Waals surface area (Å²) in [5, 5.41) is 12.9. The standard InChI is InChI=1S/C41H75F3N4O5/c1-33(2)38-36-14-13-35(44)25-34(36)15-16-41(38,49)37(46(6)20-12-22-48(24-18-43)28-40(4,31-52-9)32-53-10)26-45(5)19-11-21-47(23-17-42)27-39(3,29-50-7)30-51-8/h13-14,25,33,37-38,49H,11-12,15-24,26-32H2,1-10H3/t37?,38-,41+/m0/s1. The Morgan fingerprint density at radius 2 is 1.28 bits per heavy atom. The van der Waals surface area contributed by atoms with Crippen molar-refractivity contribution in [3.63, 3.8) is 0 Å². The van der Waals surface area contributed by atoms with Crippen molar-refractivity contribution in [3.8, 4) is 0 Å². The summed E-state index contributed by atoms with van der Waals surface area (Å²) in [6.45, 7) is 15.2. The molecule has 0 bridgehead atoms. The van der Waals surface area contributed by atoms with E-state index in [9.17, 15) is 18.3 Å². The Kier molecular flexibility index (Phi) is 21.3. The van der Waals surface area contributed by atoms with Gasteiger partial charge in [0.25, 0.3) is 0 Å². The first kappa shape index (κ1) is 47.8. The molecule has 0 fully saturated rings. The number of alkyl halides is 2. The minimum atomic E-state index is -1.07. The molecule has 0 heterocycles. The Bertz CT molecular complexity index is 1140.